The molecular formula is C25H23N3O8S. The molecule has 1 aliphatic heterocycles. The number of hydrogen-bond donors (Lipinski definition) is 0. The van der Waals surface area contributed by atoms with E-state index < -0.39 is 22.5 Å². The SMILES string of the molecule is COC(=O)C1=C(C)N=c2sc(=Cc3cc(OC)c(OC)c(OC)c3)c(=O)n2C1c1ccc([N+](=O)[O-])cc1. The van der Waals surface area contributed by atoms with Gasteiger partial charge in [-0.3, -0.25) is 19.5 Å². The molecule has 0 amide bonds. The number of fused-ring (bicyclic) bond motifs is 1. The molecule has 2 heterocycles. The summed E-state index contributed by atoms with van der Waals surface area (Å²) in [6.07, 6.45) is 1.67. The fourth-order valence-electron chi connectivity index (χ4n) is 4.12. The summed E-state index contributed by atoms with van der Waals surface area (Å²) >= 11 is 1.15. The van der Waals surface area contributed by atoms with Gasteiger partial charge in [0.15, 0.2) is 16.3 Å². The van der Waals surface area contributed by atoms with Gasteiger partial charge in [-0.2, -0.15) is 0 Å². The third-order valence-electron chi connectivity index (χ3n) is 5.83. The molecule has 1 atom stereocenters. The fourth-order valence-corrected chi connectivity index (χ4v) is 5.17. The van der Waals surface area contributed by atoms with Gasteiger partial charge in [-0.25, -0.2) is 9.79 Å². The van der Waals surface area contributed by atoms with E-state index in [0.717, 1.165) is 11.3 Å². The Hall–Kier alpha value is -4.45. The van der Waals surface area contributed by atoms with Gasteiger partial charge in [-0.05, 0) is 48.4 Å². The number of esters is 1. The van der Waals surface area contributed by atoms with Crippen LogP contribution >= 0.6 is 11.3 Å². The monoisotopic (exact) mass is 525 g/mol. The molecule has 0 radical (unpaired) electrons. The van der Waals surface area contributed by atoms with Crippen LogP contribution in [0.2, 0.25) is 0 Å². The van der Waals surface area contributed by atoms with E-state index in [1.54, 1.807) is 25.1 Å². The number of ether oxygens (including phenoxy) is 4. The molecule has 4 rings (SSSR count). The van der Waals surface area contributed by atoms with Crippen LogP contribution in [0.15, 0.2) is 57.5 Å². The summed E-state index contributed by atoms with van der Waals surface area (Å²) in [5.41, 5.74) is 1.17. The Morgan fingerprint density at radius 3 is 2.22 bits per heavy atom. The third-order valence-corrected chi connectivity index (χ3v) is 6.81. The Morgan fingerprint density at radius 1 is 1.08 bits per heavy atom. The van der Waals surface area contributed by atoms with Crippen LogP contribution in [0, 0.1) is 10.1 Å². The van der Waals surface area contributed by atoms with Crippen LogP contribution < -0.4 is 29.1 Å². The number of non-ortho nitro benzene ring substituents is 1. The summed E-state index contributed by atoms with van der Waals surface area (Å²) in [5.74, 6) is 0.616. The van der Waals surface area contributed by atoms with Crippen molar-refractivity contribution >= 4 is 29.1 Å². The van der Waals surface area contributed by atoms with Crippen molar-refractivity contribution in [2.24, 2.45) is 4.99 Å². The highest BCUT2D eigenvalue weighted by Gasteiger charge is 2.33. The molecule has 1 aliphatic rings. The number of methoxy groups -OCH3 is 4. The molecule has 2 aromatic carbocycles. The van der Waals surface area contributed by atoms with Gasteiger partial charge in [0.1, 0.15) is 0 Å². The van der Waals surface area contributed by atoms with Crippen molar-refractivity contribution in [1.29, 1.82) is 0 Å². The number of nitro groups is 1. The maximum atomic E-state index is 13.7. The van der Waals surface area contributed by atoms with Gasteiger partial charge in [-0.1, -0.05) is 11.3 Å². The van der Waals surface area contributed by atoms with Gasteiger partial charge in [0, 0.05) is 12.1 Å². The molecule has 192 valence electrons. The van der Waals surface area contributed by atoms with Gasteiger partial charge in [-0.15, -0.1) is 0 Å². The standard InChI is InChI=1S/C25H23N3O8S/c1-13-20(24(30)36-5)21(15-6-8-16(9-7-15)28(31)32)27-23(29)19(37-25(27)26-13)12-14-10-17(33-2)22(35-4)18(11-14)34-3/h6-12,21H,1-5H3. The average Bonchev–Trinajstić information content (AvgIpc) is 3.20. The zero-order chi connectivity index (χ0) is 26.9. The van der Waals surface area contributed by atoms with E-state index in [1.807, 2.05) is 0 Å². The summed E-state index contributed by atoms with van der Waals surface area (Å²) in [7, 11) is 5.73. The van der Waals surface area contributed by atoms with E-state index in [9.17, 15) is 19.7 Å². The molecular weight excluding hydrogens is 502 g/mol. The smallest absolute Gasteiger partial charge is 0.338 e. The first kappa shape index (κ1) is 25.6. The summed E-state index contributed by atoms with van der Waals surface area (Å²) < 4.78 is 22.9. The Balaban J connectivity index is 1.95. The third kappa shape index (κ3) is 4.58. The van der Waals surface area contributed by atoms with Gasteiger partial charge in [0.05, 0.1) is 55.2 Å². The first-order valence-electron chi connectivity index (χ1n) is 10.9. The lowest BCUT2D eigenvalue weighted by Crippen LogP contribution is -2.39. The number of rotatable bonds is 7. The van der Waals surface area contributed by atoms with Crippen molar-refractivity contribution in [3.8, 4) is 17.2 Å². The number of allylic oxidation sites excluding steroid dienone is 1. The summed E-state index contributed by atoms with van der Waals surface area (Å²) in [4.78, 5) is 41.9. The fraction of sp³-hybridized carbons (Fsp3) is 0.240. The molecule has 1 unspecified atom stereocenters. The van der Waals surface area contributed by atoms with Gasteiger partial charge in [0.2, 0.25) is 5.75 Å². The predicted octanol–water partition coefficient (Wildman–Crippen LogP) is 2.34. The minimum absolute atomic E-state index is 0.112. The van der Waals surface area contributed by atoms with Crippen LogP contribution in [-0.2, 0) is 9.53 Å². The number of thiazole rings is 1. The van der Waals surface area contributed by atoms with E-state index in [1.165, 1.54) is 57.3 Å². The topological polar surface area (TPSA) is 131 Å². The normalized spacial score (nSPS) is 15.1. The van der Waals surface area contributed by atoms with Crippen LogP contribution in [0.3, 0.4) is 0 Å². The van der Waals surface area contributed by atoms with Crippen molar-refractivity contribution < 1.29 is 28.7 Å². The van der Waals surface area contributed by atoms with E-state index in [0.29, 0.717) is 43.4 Å². The molecule has 11 nitrogen and oxygen atoms in total. The molecule has 0 saturated heterocycles. The van der Waals surface area contributed by atoms with Crippen molar-refractivity contribution in [3.63, 3.8) is 0 Å². The number of hydrogen-bond acceptors (Lipinski definition) is 10. The predicted molar refractivity (Wildman–Crippen MR) is 135 cm³/mol. The van der Waals surface area contributed by atoms with E-state index in [4.69, 9.17) is 18.9 Å². The first-order chi connectivity index (χ1) is 17.7. The van der Waals surface area contributed by atoms with Gasteiger partial charge >= 0.3 is 5.97 Å². The number of nitro benzene ring substituents is 1. The molecule has 1 aromatic heterocycles. The minimum Gasteiger partial charge on any atom is -0.493 e. The van der Waals surface area contributed by atoms with Crippen LogP contribution in [0.5, 0.6) is 17.2 Å². The van der Waals surface area contributed by atoms with Gasteiger partial charge in [0.25, 0.3) is 11.2 Å². The highest BCUT2D eigenvalue weighted by atomic mass is 32.1. The summed E-state index contributed by atoms with van der Waals surface area (Å²) in [6, 6.07) is 8.21. The first-order valence-corrected chi connectivity index (χ1v) is 11.7. The molecule has 3 aromatic rings. The Kier molecular flexibility index (Phi) is 7.11. The molecule has 0 aliphatic carbocycles. The number of benzene rings is 2. The Labute approximate surface area is 214 Å². The maximum absolute atomic E-state index is 13.7. The number of carbonyl (C=O) groups is 1. The molecule has 0 saturated carbocycles. The second-order valence-corrected chi connectivity index (χ2v) is 8.89. The van der Waals surface area contributed by atoms with Crippen LogP contribution in [-0.4, -0.2) is 43.9 Å². The van der Waals surface area contributed by atoms with E-state index >= 15 is 0 Å². The minimum atomic E-state index is -0.883. The van der Waals surface area contributed by atoms with E-state index in [-0.39, 0.29) is 11.3 Å². The van der Waals surface area contributed by atoms with Crippen LogP contribution in [0.1, 0.15) is 24.1 Å². The Bertz CT molecular complexity index is 1580. The average molecular weight is 526 g/mol. The van der Waals surface area contributed by atoms with E-state index in [2.05, 4.69) is 4.99 Å². The maximum Gasteiger partial charge on any atom is 0.338 e. The van der Waals surface area contributed by atoms with Crippen LogP contribution in [0.4, 0.5) is 5.69 Å². The highest BCUT2D eigenvalue weighted by molar-refractivity contribution is 7.07. The van der Waals surface area contributed by atoms with Crippen molar-refractivity contribution in [2.45, 2.75) is 13.0 Å². The number of carbonyl (C=O) groups excluding carboxylic acids is 1. The lowest BCUT2D eigenvalue weighted by Gasteiger charge is -2.24. The lowest BCUT2D eigenvalue weighted by molar-refractivity contribution is -0.384. The molecule has 0 fully saturated rings. The quantitative estimate of drug-likeness (QED) is 0.261. The second kappa shape index (κ2) is 10.3. The zero-order valence-electron chi connectivity index (χ0n) is 20.6. The summed E-state index contributed by atoms with van der Waals surface area (Å²) in [6.45, 7) is 1.65. The second-order valence-electron chi connectivity index (χ2n) is 7.88. The van der Waals surface area contributed by atoms with Gasteiger partial charge < -0.3 is 18.9 Å². The number of aromatic nitrogens is 1. The largest absolute Gasteiger partial charge is 0.493 e. The zero-order valence-corrected chi connectivity index (χ0v) is 21.5. The molecule has 12 heteroatoms. The van der Waals surface area contributed by atoms with Crippen molar-refractivity contribution in [1.82, 2.24) is 4.57 Å². The molecule has 0 bridgehead atoms. The summed E-state index contributed by atoms with van der Waals surface area (Å²) in [5, 5.41) is 11.1. The van der Waals surface area contributed by atoms with Crippen molar-refractivity contribution in [2.75, 3.05) is 28.4 Å². The van der Waals surface area contributed by atoms with Crippen molar-refractivity contribution in [3.05, 3.63) is 88.6 Å². The number of nitrogens with zero attached hydrogens (tertiary/aromatic N) is 3. The highest BCUT2D eigenvalue weighted by Crippen LogP contribution is 2.38. The molecule has 37 heavy (non-hydrogen) atoms. The molecule has 0 spiro atoms. The molecule has 0 N–H and O–H groups in total. The van der Waals surface area contributed by atoms with Crippen LogP contribution in [0.25, 0.3) is 6.08 Å². The Morgan fingerprint density at radius 2 is 1.70 bits per heavy atom. The lowest BCUT2D eigenvalue weighted by atomic mass is 9.96.